The SMILES string of the molecule is COc1ccc(/C(O)=C2\C(=O)C(=O)N(CCOC(C)C)C2c2cc(OC)c(OC)c(OC)c2)c(OC)c1. The molecule has 0 radical (unpaired) electrons. The molecular weight excluding hydrogens is 482 g/mol. The van der Waals surface area contributed by atoms with E-state index in [1.165, 1.54) is 40.4 Å². The molecule has 0 saturated carbocycles. The van der Waals surface area contributed by atoms with Crippen LogP contribution in [0.3, 0.4) is 0 Å². The predicted molar refractivity (Wildman–Crippen MR) is 136 cm³/mol. The summed E-state index contributed by atoms with van der Waals surface area (Å²) in [6.07, 6.45) is -0.0694. The first-order chi connectivity index (χ1) is 17.7. The highest BCUT2D eigenvalue weighted by atomic mass is 16.5. The highest BCUT2D eigenvalue weighted by Gasteiger charge is 2.46. The van der Waals surface area contributed by atoms with E-state index < -0.39 is 17.7 Å². The van der Waals surface area contributed by atoms with Gasteiger partial charge in [0.15, 0.2) is 11.5 Å². The van der Waals surface area contributed by atoms with Crippen molar-refractivity contribution >= 4 is 17.4 Å². The number of aliphatic hydroxyl groups excluding tert-OH is 1. The molecule has 1 N–H and O–H groups in total. The Balaban J connectivity index is 2.26. The van der Waals surface area contributed by atoms with Crippen LogP contribution < -0.4 is 23.7 Å². The van der Waals surface area contributed by atoms with Crippen LogP contribution >= 0.6 is 0 Å². The molecule has 1 aliphatic heterocycles. The van der Waals surface area contributed by atoms with Gasteiger partial charge in [-0.05, 0) is 43.7 Å². The zero-order valence-corrected chi connectivity index (χ0v) is 22.1. The number of carbonyl (C=O) groups excluding carboxylic acids is 2. The van der Waals surface area contributed by atoms with E-state index in [0.717, 1.165) is 0 Å². The molecule has 10 nitrogen and oxygen atoms in total. The maximum atomic E-state index is 13.4. The van der Waals surface area contributed by atoms with Crippen molar-refractivity contribution in [3.63, 3.8) is 0 Å². The van der Waals surface area contributed by atoms with Crippen molar-refractivity contribution < 1.29 is 43.1 Å². The van der Waals surface area contributed by atoms with Gasteiger partial charge in [-0.2, -0.15) is 0 Å². The van der Waals surface area contributed by atoms with Gasteiger partial charge in [-0.3, -0.25) is 9.59 Å². The van der Waals surface area contributed by atoms with Gasteiger partial charge in [0.25, 0.3) is 11.7 Å². The van der Waals surface area contributed by atoms with Crippen molar-refractivity contribution in [3.05, 3.63) is 47.0 Å². The topological polar surface area (TPSA) is 113 Å². The Morgan fingerprint density at radius 3 is 2.03 bits per heavy atom. The lowest BCUT2D eigenvalue weighted by molar-refractivity contribution is -0.140. The summed E-state index contributed by atoms with van der Waals surface area (Å²) in [4.78, 5) is 28.0. The molecule has 1 aliphatic rings. The first kappa shape index (κ1) is 27.7. The Bertz CT molecular complexity index is 1160. The van der Waals surface area contributed by atoms with Crippen LogP contribution in [0.15, 0.2) is 35.9 Å². The van der Waals surface area contributed by atoms with Crippen molar-refractivity contribution in [2.24, 2.45) is 0 Å². The lowest BCUT2D eigenvalue weighted by Gasteiger charge is -2.27. The van der Waals surface area contributed by atoms with E-state index in [2.05, 4.69) is 0 Å². The zero-order chi connectivity index (χ0) is 27.3. The quantitative estimate of drug-likeness (QED) is 0.273. The van der Waals surface area contributed by atoms with E-state index in [1.807, 2.05) is 13.8 Å². The van der Waals surface area contributed by atoms with Gasteiger partial charge in [-0.1, -0.05) is 0 Å². The molecule has 0 spiro atoms. The molecule has 200 valence electrons. The van der Waals surface area contributed by atoms with Gasteiger partial charge in [-0.25, -0.2) is 0 Å². The second kappa shape index (κ2) is 11.9. The molecule has 10 heteroatoms. The fourth-order valence-electron chi connectivity index (χ4n) is 4.24. The number of likely N-dealkylation sites (tertiary alicyclic amines) is 1. The second-order valence-corrected chi connectivity index (χ2v) is 8.44. The maximum Gasteiger partial charge on any atom is 0.295 e. The fourth-order valence-corrected chi connectivity index (χ4v) is 4.24. The third-order valence-corrected chi connectivity index (χ3v) is 5.99. The summed E-state index contributed by atoms with van der Waals surface area (Å²) in [6.45, 7) is 4.06. The summed E-state index contributed by atoms with van der Waals surface area (Å²) < 4.78 is 32.7. The van der Waals surface area contributed by atoms with Gasteiger partial charge < -0.3 is 38.4 Å². The van der Waals surface area contributed by atoms with Crippen LogP contribution in [-0.2, 0) is 14.3 Å². The van der Waals surface area contributed by atoms with Gasteiger partial charge in [-0.15, -0.1) is 0 Å². The van der Waals surface area contributed by atoms with Gasteiger partial charge in [0.2, 0.25) is 5.75 Å². The molecule has 1 heterocycles. The Labute approximate surface area is 216 Å². The largest absolute Gasteiger partial charge is 0.507 e. The number of nitrogens with zero attached hydrogens (tertiary/aromatic N) is 1. The highest BCUT2D eigenvalue weighted by Crippen LogP contribution is 2.46. The second-order valence-electron chi connectivity index (χ2n) is 8.44. The number of carbonyl (C=O) groups is 2. The normalized spacial score (nSPS) is 16.8. The number of Topliss-reactive ketones (excluding diaryl/α,β-unsaturated/α-hetero) is 1. The van der Waals surface area contributed by atoms with Gasteiger partial charge in [0, 0.05) is 12.6 Å². The predicted octanol–water partition coefficient (Wildman–Crippen LogP) is 3.58. The molecule has 2 aromatic carbocycles. The molecule has 1 unspecified atom stereocenters. The molecule has 1 atom stereocenters. The summed E-state index contributed by atoms with van der Waals surface area (Å²) in [5, 5.41) is 11.4. The van der Waals surface area contributed by atoms with Crippen molar-refractivity contribution in [1.82, 2.24) is 4.90 Å². The average Bonchev–Trinajstić information content (AvgIpc) is 3.16. The monoisotopic (exact) mass is 515 g/mol. The van der Waals surface area contributed by atoms with Crippen molar-refractivity contribution in [3.8, 4) is 28.7 Å². The van der Waals surface area contributed by atoms with Crippen molar-refractivity contribution in [2.45, 2.75) is 26.0 Å². The molecule has 0 aromatic heterocycles. The number of ketones is 1. The molecule has 1 fully saturated rings. The standard InChI is InChI=1S/C27H33NO9/c1-15(2)37-11-10-28-23(16-12-20(34-5)26(36-7)21(13-16)35-6)22(25(30)27(28)31)24(29)18-9-8-17(32-3)14-19(18)33-4/h8-9,12-15,23,29H,10-11H2,1-7H3/b24-22+. The summed E-state index contributed by atoms with van der Waals surface area (Å²) >= 11 is 0. The van der Waals surface area contributed by atoms with Crippen LogP contribution in [0.1, 0.15) is 31.0 Å². The molecule has 2 aromatic rings. The van der Waals surface area contributed by atoms with Crippen LogP contribution in [-0.4, -0.2) is 76.5 Å². The minimum absolute atomic E-state index is 0.0694. The van der Waals surface area contributed by atoms with Crippen LogP contribution in [0.5, 0.6) is 28.7 Å². The van der Waals surface area contributed by atoms with Crippen LogP contribution in [0, 0.1) is 0 Å². The lowest BCUT2D eigenvalue weighted by Crippen LogP contribution is -2.33. The van der Waals surface area contributed by atoms with Crippen molar-refractivity contribution in [1.29, 1.82) is 0 Å². The van der Waals surface area contributed by atoms with E-state index in [9.17, 15) is 14.7 Å². The Morgan fingerprint density at radius 2 is 1.51 bits per heavy atom. The Kier molecular flexibility index (Phi) is 8.88. The summed E-state index contributed by atoms with van der Waals surface area (Å²) in [6, 6.07) is 7.10. The first-order valence-corrected chi connectivity index (χ1v) is 11.6. The minimum atomic E-state index is -0.962. The van der Waals surface area contributed by atoms with Gasteiger partial charge in [0.05, 0.1) is 65.4 Å². The first-order valence-electron chi connectivity index (χ1n) is 11.6. The number of rotatable bonds is 11. The smallest absolute Gasteiger partial charge is 0.295 e. The van der Waals surface area contributed by atoms with Gasteiger partial charge in [0.1, 0.15) is 17.3 Å². The molecular formula is C27H33NO9. The van der Waals surface area contributed by atoms with Crippen LogP contribution in [0.25, 0.3) is 5.76 Å². The molecule has 0 bridgehead atoms. The lowest BCUT2D eigenvalue weighted by atomic mass is 9.94. The van der Waals surface area contributed by atoms with Crippen molar-refractivity contribution in [2.75, 3.05) is 48.7 Å². The molecule has 37 heavy (non-hydrogen) atoms. The van der Waals surface area contributed by atoms with E-state index in [4.69, 9.17) is 28.4 Å². The fraction of sp³-hybridized carbons (Fsp3) is 0.407. The third-order valence-electron chi connectivity index (χ3n) is 5.99. The number of hydrogen-bond acceptors (Lipinski definition) is 9. The molecule has 3 rings (SSSR count). The number of aliphatic hydroxyl groups is 1. The Morgan fingerprint density at radius 1 is 0.892 bits per heavy atom. The summed E-state index contributed by atoms with van der Waals surface area (Å²) in [5.74, 6) is -0.185. The van der Waals surface area contributed by atoms with E-state index >= 15 is 0 Å². The zero-order valence-electron chi connectivity index (χ0n) is 22.1. The van der Waals surface area contributed by atoms with E-state index in [1.54, 1.807) is 30.3 Å². The average molecular weight is 516 g/mol. The number of ether oxygens (including phenoxy) is 6. The molecule has 1 amide bonds. The molecule has 1 saturated heterocycles. The molecule has 0 aliphatic carbocycles. The third kappa shape index (κ3) is 5.43. The van der Waals surface area contributed by atoms with Crippen LogP contribution in [0.4, 0.5) is 0 Å². The number of methoxy groups -OCH3 is 5. The number of amides is 1. The highest BCUT2D eigenvalue weighted by molar-refractivity contribution is 6.46. The Hall–Kier alpha value is -3.92. The van der Waals surface area contributed by atoms with E-state index in [0.29, 0.717) is 28.6 Å². The summed E-state index contributed by atoms with van der Waals surface area (Å²) in [5.41, 5.74) is 0.608. The minimum Gasteiger partial charge on any atom is -0.507 e. The van der Waals surface area contributed by atoms with E-state index in [-0.39, 0.29) is 41.9 Å². The summed E-state index contributed by atoms with van der Waals surface area (Å²) in [7, 11) is 7.35. The van der Waals surface area contributed by atoms with Crippen LogP contribution in [0.2, 0.25) is 0 Å². The number of hydrogen-bond donors (Lipinski definition) is 1. The van der Waals surface area contributed by atoms with Gasteiger partial charge >= 0.3 is 0 Å². The number of benzene rings is 2. The maximum absolute atomic E-state index is 13.4.